The number of likely N-dealkylation sites (N-methyl/N-ethyl adjacent to an activating group) is 1. The van der Waals surface area contributed by atoms with Gasteiger partial charge in [-0.2, -0.15) is 5.10 Å². The summed E-state index contributed by atoms with van der Waals surface area (Å²) in [5.41, 5.74) is 2.36. The van der Waals surface area contributed by atoms with Crippen LogP contribution in [0, 0.1) is 0 Å². The Kier molecular flexibility index (Phi) is 4.62. The predicted molar refractivity (Wildman–Crippen MR) is 83.3 cm³/mol. The van der Waals surface area contributed by atoms with Gasteiger partial charge in [-0.25, -0.2) is 9.67 Å². The Morgan fingerprint density at radius 3 is 3.05 bits per heavy atom. The van der Waals surface area contributed by atoms with Gasteiger partial charge in [0.2, 0.25) is 0 Å². The lowest BCUT2D eigenvalue weighted by Gasteiger charge is -2.32. The summed E-state index contributed by atoms with van der Waals surface area (Å²) in [7, 11) is 0. The normalized spacial score (nSPS) is 19.8. The summed E-state index contributed by atoms with van der Waals surface area (Å²) in [4.78, 5) is 6.55. The van der Waals surface area contributed by atoms with Crippen LogP contribution in [0.25, 0.3) is 5.69 Å². The van der Waals surface area contributed by atoms with E-state index >= 15 is 0 Å². The van der Waals surface area contributed by atoms with Gasteiger partial charge < -0.3 is 10.2 Å². The average molecular weight is 285 g/mol. The van der Waals surface area contributed by atoms with E-state index in [0.29, 0.717) is 6.04 Å². The number of hydrogen-bond donors (Lipinski definition) is 1. The molecule has 3 rings (SSSR count). The number of likely N-dealkylation sites (tertiary alicyclic amines) is 1. The smallest absolute Gasteiger partial charge is 0.138 e. The lowest BCUT2D eigenvalue weighted by molar-refractivity contribution is 0.198. The molecule has 1 aliphatic heterocycles. The van der Waals surface area contributed by atoms with Gasteiger partial charge in [0.15, 0.2) is 0 Å². The molecule has 1 aromatic carbocycles. The highest BCUT2D eigenvalue weighted by Gasteiger charge is 2.18. The minimum absolute atomic E-state index is 0.586. The maximum absolute atomic E-state index is 4.24. The predicted octanol–water partition coefficient (Wildman–Crippen LogP) is 1.84. The molecule has 0 spiro atoms. The molecular formula is C16H23N5. The molecule has 0 saturated carbocycles. The molecule has 1 fully saturated rings. The van der Waals surface area contributed by atoms with Gasteiger partial charge in [0.1, 0.15) is 12.7 Å². The molecule has 1 N–H and O–H groups in total. The number of nitrogens with one attached hydrogen (secondary N) is 1. The molecule has 0 amide bonds. The van der Waals surface area contributed by atoms with Gasteiger partial charge in [0, 0.05) is 19.1 Å². The monoisotopic (exact) mass is 285 g/mol. The van der Waals surface area contributed by atoms with Gasteiger partial charge in [-0.3, -0.25) is 0 Å². The molecule has 1 aromatic heterocycles. The van der Waals surface area contributed by atoms with E-state index < -0.39 is 0 Å². The van der Waals surface area contributed by atoms with Gasteiger partial charge in [-0.05, 0) is 37.6 Å². The molecule has 2 aromatic rings. The maximum atomic E-state index is 4.24. The molecule has 5 nitrogen and oxygen atoms in total. The molecule has 0 radical (unpaired) electrons. The Balaban J connectivity index is 1.66. The lowest BCUT2D eigenvalue weighted by Crippen LogP contribution is -2.45. The maximum Gasteiger partial charge on any atom is 0.138 e. The second-order valence-corrected chi connectivity index (χ2v) is 5.58. The highest BCUT2D eigenvalue weighted by atomic mass is 15.3. The molecule has 1 unspecified atom stereocenters. The average Bonchev–Trinajstić information content (AvgIpc) is 3.08. The van der Waals surface area contributed by atoms with Crippen LogP contribution in [-0.2, 0) is 6.54 Å². The number of nitrogens with zero attached hydrogens (tertiary/aromatic N) is 4. The fourth-order valence-electron chi connectivity index (χ4n) is 2.98. The van der Waals surface area contributed by atoms with Crippen LogP contribution >= 0.6 is 0 Å². The molecule has 1 aliphatic rings. The van der Waals surface area contributed by atoms with Crippen LogP contribution in [0.5, 0.6) is 0 Å². The molecule has 1 atom stereocenters. The van der Waals surface area contributed by atoms with Crippen molar-refractivity contribution < 1.29 is 0 Å². The van der Waals surface area contributed by atoms with E-state index in [2.05, 4.69) is 45.4 Å². The van der Waals surface area contributed by atoms with Crippen molar-refractivity contribution in [3.05, 3.63) is 42.5 Å². The second kappa shape index (κ2) is 6.83. The van der Waals surface area contributed by atoms with E-state index in [9.17, 15) is 0 Å². The molecule has 112 valence electrons. The molecule has 1 saturated heterocycles. The number of piperidine rings is 1. The van der Waals surface area contributed by atoms with Crippen LogP contribution < -0.4 is 5.32 Å². The largest absolute Gasteiger partial charge is 0.309 e. The summed E-state index contributed by atoms with van der Waals surface area (Å²) >= 11 is 0. The van der Waals surface area contributed by atoms with Gasteiger partial charge in [0.25, 0.3) is 0 Å². The summed E-state index contributed by atoms with van der Waals surface area (Å²) < 4.78 is 1.83. The van der Waals surface area contributed by atoms with E-state index in [1.54, 1.807) is 12.7 Å². The molecular weight excluding hydrogens is 262 g/mol. The minimum Gasteiger partial charge on any atom is -0.309 e. The highest BCUT2D eigenvalue weighted by molar-refractivity contribution is 5.39. The highest BCUT2D eigenvalue weighted by Crippen LogP contribution is 2.15. The zero-order chi connectivity index (χ0) is 14.5. The van der Waals surface area contributed by atoms with Crippen LogP contribution in [0.15, 0.2) is 36.9 Å². The Bertz CT molecular complexity index is 552. The number of para-hydroxylation sites is 1. The quantitative estimate of drug-likeness (QED) is 0.910. The first kappa shape index (κ1) is 14.2. The van der Waals surface area contributed by atoms with Crippen molar-refractivity contribution in [2.24, 2.45) is 0 Å². The molecule has 21 heavy (non-hydrogen) atoms. The first-order valence-corrected chi connectivity index (χ1v) is 7.75. The molecule has 0 bridgehead atoms. The van der Waals surface area contributed by atoms with Crippen LogP contribution in [-0.4, -0.2) is 45.3 Å². The van der Waals surface area contributed by atoms with Crippen molar-refractivity contribution in [1.29, 1.82) is 0 Å². The van der Waals surface area contributed by atoms with E-state index in [4.69, 9.17) is 0 Å². The van der Waals surface area contributed by atoms with E-state index in [1.807, 2.05) is 10.7 Å². The zero-order valence-electron chi connectivity index (χ0n) is 12.6. The van der Waals surface area contributed by atoms with Crippen LogP contribution in [0.4, 0.5) is 0 Å². The van der Waals surface area contributed by atoms with Crippen LogP contribution in [0.2, 0.25) is 0 Å². The summed E-state index contributed by atoms with van der Waals surface area (Å²) in [6, 6.07) is 8.95. The van der Waals surface area contributed by atoms with Crippen molar-refractivity contribution in [2.45, 2.75) is 32.4 Å². The third-order valence-corrected chi connectivity index (χ3v) is 4.19. The van der Waals surface area contributed by atoms with Gasteiger partial charge >= 0.3 is 0 Å². The third kappa shape index (κ3) is 3.49. The zero-order valence-corrected chi connectivity index (χ0v) is 12.6. The SMILES string of the molecule is CCN1CCCC(NCc2ccccc2-n2cncn2)C1. The Hall–Kier alpha value is -1.72. The number of aromatic nitrogens is 3. The Morgan fingerprint density at radius 2 is 2.24 bits per heavy atom. The number of rotatable bonds is 5. The van der Waals surface area contributed by atoms with Crippen LogP contribution in [0.3, 0.4) is 0 Å². The molecule has 0 aliphatic carbocycles. The first-order chi connectivity index (χ1) is 10.4. The number of hydrogen-bond acceptors (Lipinski definition) is 4. The van der Waals surface area contributed by atoms with E-state index in [1.165, 1.54) is 24.9 Å². The van der Waals surface area contributed by atoms with Crippen molar-refractivity contribution in [3.8, 4) is 5.69 Å². The Morgan fingerprint density at radius 1 is 1.33 bits per heavy atom. The van der Waals surface area contributed by atoms with Gasteiger partial charge in [0.05, 0.1) is 5.69 Å². The summed E-state index contributed by atoms with van der Waals surface area (Å²) in [5, 5.41) is 7.94. The van der Waals surface area contributed by atoms with Crippen LogP contribution in [0.1, 0.15) is 25.3 Å². The summed E-state index contributed by atoms with van der Waals surface area (Å²) in [5.74, 6) is 0. The minimum atomic E-state index is 0.586. The van der Waals surface area contributed by atoms with Gasteiger partial charge in [-0.15, -0.1) is 0 Å². The number of benzene rings is 1. The second-order valence-electron chi connectivity index (χ2n) is 5.58. The fourth-order valence-corrected chi connectivity index (χ4v) is 2.98. The third-order valence-electron chi connectivity index (χ3n) is 4.19. The Labute approximate surface area is 126 Å². The van der Waals surface area contributed by atoms with E-state index in [-0.39, 0.29) is 0 Å². The lowest BCUT2D eigenvalue weighted by atomic mass is 10.1. The molecule has 2 heterocycles. The summed E-state index contributed by atoms with van der Waals surface area (Å²) in [6.45, 7) is 6.65. The first-order valence-electron chi connectivity index (χ1n) is 7.75. The van der Waals surface area contributed by atoms with E-state index in [0.717, 1.165) is 25.3 Å². The van der Waals surface area contributed by atoms with Crippen molar-refractivity contribution >= 4 is 0 Å². The molecule has 5 heteroatoms. The fraction of sp³-hybridized carbons (Fsp3) is 0.500. The topological polar surface area (TPSA) is 46.0 Å². The standard InChI is InChI=1S/C16H23N5/c1-2-20-9-5-7-15(11-20)18-10-14-6-3-4-8-16(14)21-13-17-12-19-21/h3-4,6,8,12-13,15,18H,2,5,7,9-11H2,1H3. The van der Waals surface area contributed by atoms with Crippen molar-refractivity contribution in [3.63, 3.8) is 0 Å². The summed E-state index contributed by atoms with van der Waals surface area (Å²) in [6.07, 6.45) is 5.88. The van der Waals surface area contributed by atoms with Crippen molar-refractivity contribution in [1.82, 2.24) is 25.0 Å². The van der Waals surface area contributed by atoms with Gasteiger partial charge in [-0.1, -0.05) is 25.1 Å². The van der Waals surface area contributed by atoms with Crippen molar-refractivity contribution in [2.75, 3.05) is 19.6 Å².